The lowest BCUT2D eigenvalue weighted by Gasteiger charge is -2.21. The summed E-state index contributed by atoms with van der Waals surface area (Å²) in [7, 11) is 0. The molecule has 0 amide bonds. The average Bonchev–Trinajstić information content (AvgIpc) is 2.56. The largest absolute Gasteiger partial charge is 0.256 e. The lowest BCUT2D eigenvalue weighted by atomic mass is 9.95. The molecule has 23 heavy (non-hydrogen) atoms. The highest BCUT2D eigenvalue weighted by Crippen LogP contribution is 2.48. The van der Waals surface area contributed by atoms with Crippen molar-refractivity contribution in [1.29, 1.82) is 0 Å². The molecule has 4 aromatic rings. The highest BCUT2D eigenvalue weighted by Gasteiger charge is 2.21. The van der Waals surface area contributed by atoms with Gasteiger partial charge in [-0.2, -0.15) is 0 Å². The molecule has 0 spiro atoms. The van der Waals surface area contributed by atoms with E-state index in [-0.39, 0.29) is 0 Å². The molecule has 0 radical (unpaired) electrons. The highest BCUT2D eigenvalue weighted by atomic mass is 32.2. The van der Waals surface area contributed by atoms with Gasteiger partial charge in [-0.1, -0.05) is 47.7 Å². The molecule has 0 saturated heterocycles. The van der Waals surface area contributed by atoms with Gasteiger partial charge in [-0.05, 0) is 53.8 Å². The zero-order valence-electron chi connectivity index (χ0n) is 13.1. The van der Waals surface area contributed by atoms with Crippen molar-refractivity contribution in [3.8, 4) is 11.3 Å². The van der Waals surface area contributed by atoms with Gasteiger partial charge in [-0.25, -0.2) is 0 Å². The molecule has 0 bridgehead atoms. The highest BCUT2D eigenvalue weighted by molar-refractivity contribution is 7.99. The monoisotopic (exact) mass is 313 g/mol. The molecule has 0 aliphatic carbocycles. The fourth-order valence-electron chi connectivity index (χ4n) is 3.69. The van der Waals surface area contributed by atoms with Crippen molar-refractivity contribution < 1.29 is 0 Å². The van der Waals surface area contributed by atoms with Gasteiger partial charge >= 0.3 is 0 Å². The Morgan fingerprint density at radius 3 is 2.61 bits per heavy atom. The van der Waals surface area contributed by atoms with Gasteiger partial charge in [0.1, 0.15) is 0 Å². The lowest BCUT2D eigenvalue weighted by molar-refractivity contribution is 1.29. The zero-order chi connectivity index (χ0) is 15.6. The van der Waals surface area contributed by atoms with E-state index in [1.165, 1.54) is 48.0 Å². The molecular weight excluding hydrogens is 298 g/mol. The van der Waals surface area contributed by atoms with Gasteiger partial charge in [-0.15, -0.1) is 0 Å². The van der Waals surface area contributed by atoms with Gasteiger partial charge < -0.3 is 0 Å². The van der Waals surface area contributed by atoms with Crippen molar-refractivity contribution in [1.82, 2.24) is 4.98 Å². The smallest absolute Gasteiger partial charge is 0.0803 e. The van der Waals surface area contributed by atoms with Gasteiger partial charge in [0.2, 0.25) is 0 Å². The number of pyridine rings is 1. The summed E-state index contributed by atoms with van der Waals surface area (Å²) in [6, 6.07) is 17.7. The molecule has 0 N–H and O–H groups in total. The van der Waals surface area contributed by atoms with Crippen molar-refractivity contribution in [2.75, 3.05) is 0 Å². The summed E-state index contributed by atoms with van der Waals surface area (Å²) in [6.45, 7) is 4.38. The number of aryl methyl sites for hydroxylation is 2. The summed E-state index contributed by atoms with van der Waals surface area (Å²) in [5.41, 5.74) is 5.02. The first kappa shape index (κ1) is 13.1. The minimum Gasteiger partial charge on any atom is -0.256 e. The Bertz CT molecular complexity index is 1110. The van der Waals surface area contributed by atoms with Crippen LogP contribution in [0.2, 0.25) is 0 Å². The van der Waals surface area contributed by atoms with Crippen LogP contribution >= 0.6 is 11.8 Å². The van der Waals surface area contributed by atoms with Crippen LogP contribution in [-0.4, -0.2) is 4.98 Å². The number of aromatic nitrogens is 1. The van der Waals surface area contributed by atoms with E-state index < -0.39 is 0 Å². The molecule has 0 fully saturated rings. The molecule has 1 aliphatic rings. The maximum absolute atomic E-state index is 4.72. The van der Waals surface area contributed by atoms with E-state index in [4.69, 9.17) is 4.98 Å². The van der Waals surface area contributed by atoms with E-state index in [1.54, 1.807) is 0 Å². The summed E-state index contributed by atoms with van der Waals surface area (Å²) in [4.78, 5) is 7.33. The SMILES string of the molecule is Cc1cc(C)c2cc3c4c(nccc4c2c1)-c1ccccc1S3. The normalized spacial score (nSPS) is 12.6. The number of benzene rings is 3. The zero-order valence-corrected chi connectivity index (χ0v) is 13.9. The second-order valence-corrected chi connectivity index (χ2v) is 7.32. The van der Waals surface area contributed by atoms with E-state index in [1.807, 2.05) is 18.0 Å². The molecule has 3 aromatic carbocycles. The minimum atomic E-state index is 1.12. The van der Waals surface area contributed by atoms with E-state index in [0.29, 0.717) is 0 Å². The van der Waals surface area contributed by atoms with Crippen molar-refractivity contribution in [3.05, 3.63) is 65.9 Å². The molecule has 5 rings (SSSR count). The maximum Gasteiger partial charge on any atom is 0.0803 e. The molecule has 0 unspecified atom stereocenters. The lowest BCUT2D eigenvalue weighted by Crippen LogP contribution is -1.96. The number of hydrogen-bond acceptors (Lipinski definition) is 2. The number of hydrogen-bond donors (Lipinski definition) is 0. The number of rotatable bonds is 0. The van der Waals surface area contributed by atoms with E-state index in [9.17, 15) is 0 Å². The first-order chi connectivity index (χ1) is 11.2. The Kier molecular flexibility index (Phi) is 2.62. The van der Waals surface area contributed by atoms with Crippen LogP contribution in [-0.2, 0) is 0 Å². The molecule has 1 nitrogen and oxygen atoms in total. The summed E-state index contributed by atoms with van der Waals surface area (Å²) in [5, 5.41) is 5.30. The molecule has 0 atom stereocenters. The van der Waals surface area contributed by atoms with E-state index >= 15 is 0 Å². The number of nitrogens with zero attached hydrogens (tertiary/aromatic N) is 1. The van der Waals surface area contributed by atoms with Crippen molar-refractivity contribution in [2.24, 2.45) is 0 Å². The Balaban J connectivity index is 2.03. The Morgan fingerprint density at radius 2 is 1.70 bits per heavy atom. The topological polar surface area (TPSA) is 12.9 Å². The number of fused-ring (bicyclic) bond motifs is 4. The molecule has 2 heterocycles. The van der Waals surface area contributed by atoms with E-state index in [0.717, 1.165) is 5.69 Å². The first-order valence-electron chi connectivity index (χ1n) is 7.82. The second-order valence-electron chi connectivity index (χ2n) is 6.23. The Morgan fingerprint density at radius 1 is 0.826 bits per heavy atom. The van der Waals surface area contributed by atoms with Crippen molar-refractivity contribution >= 4 is 33.3 Å². The van der Waals surface area contributed by atoms with Crippen LogP contribution in [0.5, 0.6) is 0 Å². The van der Waals surface area contributed by atoms with Crippen LogP contribution in [0.3, 0.4) is 0 Å². The Hall–Kier alpha value is -2.32. The fourth-order valence-corrected chi connectivity index (χ4v) is 4.83. The van der Waals surface area contributed by atoms with Crippen molar-refractivity contribution in [3.63, 3.8) is 0 Å². The van der Waals surface area contributed by atoms with Gasteiger partial charge in [0.25, 0.3) is 0 Å². The standard InChI is InChI=1S/C21H15NS/c1-12-9-13(2)16-11-19-20-14(17(16)10-12)7-8-22-21(20)15-5-3-4-6-18(15)23-19/h3-11H,1-2H3. The van der Waals surface area contributed by atoms with Crippen LogP contribution in [0.1, 0.15) is 11.1 Å². The van der Waals surface area contributed by atoms with Crippen LogP contribution in [0.25, 0.3) is 32.8 Å². The van der Waals surface area contributed by atoms with Crippen LogP contribution in [0.4, 0.5) is 0 Å². The average molecular weight is 313 g/mol. The van der Waals surface area contributed by atoms with Gasteiger partial charge in [0.05, 0.1) is 5.69 Å². The molecule has 1 aromatic heterocycles. The third-order valence-electron chi connectivity index (χ3n) is 4.66. The molecule has 1 aliphatic heterocycles. The third-order valence-corrected chi connectivity index (χ3v) is 5.77. The van der Waals surface area contributed by atoms with Gasteiger partial charge in [0.15, 0.2) is 0 Å². The van der Waals surface area contributed by atoms with Gasteiger partial charge in [0, 0.05) is 26.9 Å². The quantitative estimate of drug-likeness (QED) is 0.319. The third kappa shape index (κ3) is 1.79. The second kappa shape index (κ2) is 4.59. The van der Waals surface area contributed by atoms with Crippen LogP contribution in [0.15, 0.2) is 64.5 Å². The molecular formula is C21H15NS. The predicted octanol–water partition coefficient (Wildman–Crippen LogP) is 6.14. The summed E-state index contributed by atoms with van der Waals surface area (Å²) in [6.07, 6.45) is 1.95. The van der Waals surface area contributed by atoms with Crippen LogP contribution < -0.4 is 0 Å². The van der Waals surface area contributed by atoms with Crippen molar-refractivity contribution in [2.45, 2.75) is 23.6 Å². The van der Waals surface area contributed by atoms with E-state index in [2.05, 4.69) is 62.4 Å². The maximum atomic E-state index is 4.72. The summed E-state index contributed by atoms with van der Waals surface area (Å²) >= 11 is 1.86. The fraction of sp³-hybridized carbons (Fsp3) is 0.0952. The molecule has 2 heteroatoms. The van der Waals surface area contributed by atoms with Crippen LogP contribution in [0, 0.1) is 13.8 Å². The summed E-state index contributed by atoms with van der Waals surface area (Å²) in [5.74, 6) is 0. The molecule has 0 saturated carbocycles. The Labute approximate surface area is 139 Å². The summed E-state index contributed by atoms with van der Waals surface area (Å²) < 4.78 is 0. The molecule has 110 valence electrons. The van der Waals surface area contributed by atoms with Gasteiger partial charge in [-0.3, -0.25) is 4.98 Å². The predicted molar refractivity (Wildman–Crippen MR) is 98.3 cm³/mol. The first-order valence-corrected chi connectivity index (χ1v) is 8.64. The minimum absolute atomic E-state index is 1.12.